The van der Waals surface area contributed by atoms with Crippen LogP contribution >= 0.6 is 34.5 Å². The first-order valence-corrected chi connectivity index (χ1v) is 12.7. The van der Waals surface area contributed by atoms with Crippen LogP contribution in [0.25, 0.3) is 32.0 Å². The first-order valence-electron chi connectivity index (χ1n) is 11.1. The van der Waals surface area contributed by atoms with Gasteiger partial charge in [0.2, 0.25) is 5.28 Å². The SMILES string of the molecule is CCOC(=O)C(OC(C)(C)C)c1c(C)cc2nc(-c3ccnc(Cl)n3)sc2c1-c1ccc(Cl)cc1. The van der Waals surface area contributed by atoms with Gasteiger partial charge in [0.05, 0.1) is 22.4 Å². The molecule has 0 aliphatic heterocycles. The number of rotatable bonds is 6. The van der Waals surface area contributed by atoms with Gasteiger partial charge in [0.15, 0.2) is 6.10 Å². The minimum atomic E-state index is -0.927. The summed E-state index contributed by atoms with van der Waals surface area (Å²) in [7, 11) is 0. The molecule has 0 amide bonds. The summed E-state index contributed by atoms with van der Waals surface area (Å²) in [5.41, 5.74) is 4.16. The van der Waals surface area contributed by atoms with Gasteiger partial charge in [-0.25, -0.2) is 19.7 Å². The molecule has 1 atom stereocenters. The molecule has 182 valence electrons. The number of carbonyl (C=O) groups excluding carboxylic acids is 1. The van der Waals surface area contributed by atoms with Crippen LogP contribution in [0.1, 0.15) is 44.9 Å². The van der Waals surface area contributed by atoms with Crippen molar-refractivity contribution in [3.05, 3.63) is 64.0 Å². The molecule has 0 saturated carbocycles. The van der Waals surface area contributed by atoms with Crippen molar-refractivity contribution < 1.29 is 14.3 Å². The van der Waals surface area contributed by atoms with Gasteiger partial charge in [0.25, 0.3) is 0 Å². The average Bonchev–Trinajstić information content (AvgIpc) is 3.20. The molecule has 0 aliphatic rings. The van der Waals surface area contributed by atoms with E-state index in [9.17, 15) is 4.79 Å². The second-order valence-corrected chi connectivity index (χ2v) is 10.7. The quantitative estimate of drug-likeness (QED) is 0.190. The molecule has 0 spiro atoms. The molecule has 2 aromatic carbocycles. The lowest BCUT2D eigenvalue weighted by Crippen LogP contribution is -2.29. The van der Waals surface area contributed by atoms with Crippen molar-refractivity contribution in [3.63, 3.8) is 0 Å². The van der Waals surface area contributed by atoms with Gasteiger partial charge < -0.3 is 9.47 Å². The van der Waals surface area contributed by atoms with E-state index in [0.717, 1.165) is 32.5 Å². The monoisotopic (exact) mass is 529 g/mol. The summed E-state index contributed by atoms with van der Waals surface area (Å²) >= 11 is 13.7. The largest absolute Gasteiger partial charge is 0.464 e. The number of carbonyl (C=O) groups is 1. The molecule has 0 saturated heterocycles. The van der Waals surface area contributed by atoms with Gasteiger partial charge >= 0.3 is 5.97 Å². The van der Waals surface area contributed by atoms with Crippen molar-refractivity contribution in [2.24, 2.45) is 0 Å². The van der Waals surface area contributed by atoms with Gasteiger partial charge in [-0.15, -0.1) is 11.3 Å². The molecule has 9 heteroatoms. The average molecular weight is 530 g/mol. The fourth-order valence-electron chi connectivity index (χ4n) is 3.81. The fraction of sp³-hybridized carbons (Fsp3) is 0.308. The molecule has 4 aromatic rings. The molecule has 2 aromatic heterocycles. The maximum absolute atomic E-state index is 13.2. The van der Waals surface area contributed by atoms with E-state index < -0.39 is 17.7 Å². The summed E-state index contributed by atoms with van der Waals surface area (Å²) in [5.74, 6) is -0.438. The number of hydrogen-bond donors (Lipinski definition) is 0. The van der Waals surface area contributed by atoms with Crippen LogP contribution in [0.15, 0.2) is 42.6 Å². The Bertz CT molecular complexity index is 1380. The summed E-state index contributed by atoms with van der Waals surface area (Å²) in [5, 5.41) is 1.46. The van der Waals surface area contributed by atoms with E-state index in [2.05, 4.69) is 9.97 Å². The van der Waals surface area contributed by atoms with E-state index in [-0.39, 0.29) is 11.9 Å². The predicted molar refractivity (Wildman–Crippen MR) is 141 cm³/mol. The molecule has 0 aliphatic carbocycles. The lowest BCUT2D eigenvalue weighted by Gasteiger charge is -2.29. The van der Waals surface area contributed by atoms with Crippen molar-refractivity contribution >= 4 is 50.7 Å². The first kappa shape index (κ1) is 25.5. The minimum Gasteiger partial charge on any atom is -0.464 e. The topological polar surface area (TPSA) is 74.2 Å². The molecule has 0 N–H and O–H groups in total. The van der Waals surface area contributed by atoms with Gasteiger partial charge in [-0.1, -0.05) is 23.7 Å². The van der Waals surface area contributed by atoms with E-state index >= 15 is 0 Å². The zero-order chi connectivity index (χ0) is 25.3. The van der Waals surface area contributed by atoms with E-state index in [1.165, 1.54) is 11.3 Å². The van der Waals surface area contributed by atoms with E-state index in [1.807, 2.05) is 58.0 Å². The molecule has 4 rings (SSSR count). The zero-order valence-electron chi connectivity index (χ0n) is 20.1. The molecule has 0 bridgehead atoms. The van der Waals surface area contributed by atoms with E-state index in [0.29, 0.717) is 15.7 Å². The van der Waals surface area contributed by atoms with Crippen molar-refractivity contribution in [3.8, 4) is 21.8 Å². The molecule has 2 heterocycles. The second-order valence-electron chi connectivity index (χ2n) is 8.93. The number of nitrogens with zero attached hydrogens (tertiary/aromatic N) is 3. The maximum Gasteiger partial charge on any atom is 0.339 e. The summed E-state index contributed by atoms with van der Waals surface area (Å²) < 4.78 is 12.6. The van der Waals surface area contributed by atoms with Gasteiger partial charge in [-0.2, -0.15) is 0 Å². The van der Waals surface area contributed by atoms with Crippen molar-refractivity contribution in [2.45, 2.75) is 46.3 Å². The van der Waals surface area contributed by atoms with Gasteiger partial charge in [-0.05, 0) is 81.6 Å². The highest BCUT2D eigenvalue weighted by atomic mass is 35.5. The molecular formula is C26H25Cl2N3O3S. The molecular weight excluding hydrogens is 505 g/mol. The number of aromatic nitrogens is 3. The molecule has 1 unspecified atom stereocenters. The summed E-state index contributed by atoms with van der Waals surface area (Å²) in [6.45, 7) is 9.73. The second kappa shape index (κ2) is 10.2. The molecule has 35 heavy (non-hydrogen) atoms. The number of halogens is 2. The van der Waals surface area contributed by atoms with Crippen molar-refractivity contribution in [1.82, 2.24) is 15.0 Å². The minimum absolute atomic E-state index is 0.150. The van der Waals surface area contributed by atoms with Crippen LogP contribution in [-0.2, 0) is 14.3 Å². The molecule has 0 radical (unpaired) electrons. The molecule has 0 fully saturated rings. The number of esters is 1. The Balaban J connectivity index is 2.03. The first-order chi connectivity index (χ1) is 16.6. The third-order valence-electron chi connectivity index (χ3n) is 5.14. The Kier molecular flexibility index (Phi) is 7.43. The standard InChI is InChI=1S/C26H25Cl2N3O3S/c1-6-33-24(32)21(34-26(3,4)5)19-14(2)13-18-22(20(19)15-7-9-16(27)10-8-15)35-23(30-18)17-11-12-29-25(28)31-17/h7-13,21H,6H2,1-5H3. The number of benzene rings is 2. The fourth-order valence-corrected chi connectivity index (χ4v) is 5.18. The van der Waals surface area contributed by atoms with Crippen LogP contribution < -0.4 is 0 Å². The number of fused-ring (bicyclic) bond motifs is 1. The highest BCUT2D eigenvalue weighted by Gasteiger charge is 2.33. The predicted octanol–water partition coefficient (Wildman–Crippen LogP) is 7.45. The Morgan fingerprint density at radius 2 is 1.83 bits per heavy atom. The summed E-state index contributed by atoms with van der Waals surface area (Å²) in [6, 6.07) is 11.2. The van der Waals surface area contributed by atoms with Crippen LogP contribution in [0.2, 0.25) is 10.3 Å². The van der Waals surface area contributed by atoms with Crippen LogP contribution in [0, 0.1) is 6.92 Å². The number of ether oxygens (including phenoxy) is 2. The summed E-state index contributed by atoms with van der Waals surface area (Å²) in [6.07, 6.45) is 0.672. The van der Waals surface area contributed by atoms with Crippen LogP contribution in [-0.4, -0.2) is 33.1 Å². The van der Waals surface area contributed by atoms with Crippen molar-refractivity contribution in [2.75, 3.05) is 6.61 Å². The van der Waals surface area contributed by atoms with Gasteiger partial charge in [0.1, 0.15) is 10.7 Å². The lowest BCUT2D eigenvalue weighted by atomic mass is 9.91. The van der Waals surface area contributed by atoms with E-state index in [4.69, 9.17) is 37.7 Å². The third-order valence-corrected chi connectivity index (χ3v) is 6.69. The molecule has 6 nitrogen and oxygen atoms in total. The number of aryl methyl sites for hydroxylation is 1. The highest BCUT2D eigenvalue weighted by Crippen LogP contribution is 2.44. The number of thiazole rings is 1. The zero-order valence-corrected chi connectivity index (χ0v) is 22.4. The summed E-state index contributed by atoms with van der Waals surface area (Å²) in [4.78, 5) is 26.3. The maximum atomic E-state index is 13.2. The van der Waals surface area contributed by atoms with Crippen molar-refractivity contribution in [1.29, 1.82) is 0 Å². The Hall–Kier alpha value is -2.58. The smallest absolute Gasteiger partial charge is 0.339 e. The third kappa shape index (κ3) is 5.64. The Morgan fingerprint density at radius 3 is 2.46 bits per heavy atom. The lowest BCUT2D eigenvalue weighted by molar-refractivity contribution is -0.166. The normalized spacial score (nSPS) is 12.7. The van der Waals surface area contributed by atoms with Gasteiger partial charge in [-0.3, -0.25) is 0 Å². The highest BCUT2D eigenvalue weighted by molar-refractivity contribution is 7.22. The van der Waals surface area contributed by atoms with Crippen LogP contribution in [0.5, 0.6) is 0 Å². The van der Waals surface area contributed by atoms with E-state index in [1.54, 1.807) is 19.2 Å². The van der Waals surface area contributed by atoms with Crippen LogP contribution in [0.3, 0.4) is 0 Å². The Morgan fingerprint density at radius 1 is 1.11 bits per heavy atom. The number of hydrogen-bond acceptors (Lipinski definition) is 7. The van der Waals surface area contributed by atoms with Gasteiger partial charge in [0, 0.05) is 22.3 Å². The van der Waals surface area contributed by atoms with Crippen LogP contribution in [0.4, 0.5) is 0 Å². The Labute approximate surface area is 218 Å².